The van der Waals surface area contributed by atoms with E-state index in [1.807, 2.05) is 18.2 Å². The molecule has 0 unspecified atom stereocenters. The van der Waals surface area contributed by atoms with E-state index < -0.39 is 0 Å². The molecule has 1 aliphatic heterocycles. The number of halogens is 1. The molecule has 1 fully saturated rings. The molecule has 7 heteroatoms. The van der Waals surface area contributed by atoms with Gasteiger partial charge in [-0.05, 0) is 68.5 Å². The molecule has 30 heavy (non-hydrogen) atoms. The van der Waals surface area contributed by atoms with Gasteiger partial charge in [-0.15, -0.1) is 0 Å². The molecule has 0 aliphatic carbocycles. The number of hydrogen-bond acceptors (Lipinski definition) is 6. The van der Waals surface area contributed by atoms with Gasteiger partial charge in [0.1, 0.15) is 5.75 Å². The number of esters is 1. The third-order valence-electron chi connectivity index (χ3n) is 5.36. The zero-order valence-corrected chi connectivity index (χ0v) is 19.4. The molecule has 1 saturated heterocycles. The summed E-state index contributed by atoms with van der Waals surface area (Å²) in [6, 6.07) is 13.5. The average molecular weight is 489 g/mol. The number of nitrogens with zero attached hydrogens (tertiary/aromatic N) is 2. The minimum absolute atomic E-state index is 0.308. The highest BCUT2D eigenvalue weighted by Gasteiger charge is 2.21. The van der Waals surface area contributed by atoms with Crippen LogP contribution in [-0.2, 0) is 4.74 Å². The maximum absolute atomic E-state index is 11.9. The fourth-order valence-corrected chi connectivity index (χ4v) is 5.27. The van der Waals surface area contributed by atoms with Crippen LogP contribution in [0.1, 0.15) is 36.5 Å². The summed E-state index contributed by atoms with van der Waals surface area (Å²) in [5.74, 6) is 1.06. The van der Waals surface area contributed by atoms with Gasteiger partial charge in [0.2, 0.25) is 0 Å². The van der Waals surface area contributed by atoms with Crippen molar-refractivity contribution in [3.8, 4) is 5.75 Å². The molecule has 0 spiro atoms. The Balaban J connectivity index is 1.25. The van der Waals surface area contributed by atoms with Crippen LogP contribution in [0.2, 0.25) is 0 Å². The van der Waals surface area contributed by atoms with E-state index in [1.165, 1.54) is 4.70 Å². The summed E-state index contributed by atoms with van der Waals surface area (Å²) in [6.45, 7) is 4.90. The number of carbonyl (C=O) groups is 1. The molecule has 3 aromatic rings. The third-order valence-corrected chi connectivity index (χ3v) is 6.94. The normalized spacial score (nSPS) is 14.8. The van der Waals surface area contributed by atoms with Crippen LogP contribution in [0, 0.1) is 5.92 Å². The maximum atomic E-state index is 11.9. The Kier molecular flexibility index (Phi) is 6.89. The molecule has 0 atom stereocenters. The topological polar surface area (TPSA) is 51.7 Å². The van der Waals surface area contributed by atoms with Crippen molar-refractivity contribution in [1.29, 1.82) is 0 Å². The largest absolute Gasteiger partial charge is 0.494 e. The van der Waals surface area contributed by atoms with Gasteiger partial charge in [0, 0.05) is 17.6 Å². The highest BCUT2D eigenvalue weighted by atomic mass is 79.9. The van der Waals surface area contributed by atoms with Crippen molar-refractivity contribution in [2.75, 3.05) is 31.2 Å². The van der Waals surface area contributed by atoms with Gasteiger partial charge in [-0.3, -0.25) is 0 Å². The lowest BCUT2D eigenvalue weighted by Crippen LogP contribution is -2.34. The fraction of sp³-hybridized carbons (Fsp3) is 0.391. The number of rotatable bonds is 7. The standard InChI is InChI=1S/C23H25BrN2O3S/c1-2-28-22(27)17-4-3-5-19(14-17)29-13-10-16-8-11-26(12-9-16)23-25-20-7-6-18(24)15-21(20)30-23/h3-7,14-16H,2,8-13H2,1H3. The van der Waals surface area contributed by atoms with E-state index in [0.29, 0.717) is 24.7 Å². The lowest BCUT2D eigenvalue weighted by atomic mass is 9.94. The van der Waals surface area contributed by atoms with E-state index in [9.17, 15) is 4.79 Å². The van der Waals surface area contributed by atoms with Crippen molar-refractivity contribution in [1.82, 2.24) is 4.98 Å². The summed E-state index contributed by atoms with van der Waals surface area (Å²) in [5.41, 5.74) is 1.60. The van der Waals surface area contributed by atoms with Crippen molar-refractivity contribution in [3.05, 3.63) is 52.5 Å². The molecule has 0 bridgehead atoms. The second-order valence-corrected chi connectivity index (χ2v) is 9.35. The lowest BCUT2D eigenvalue weighted by Gasteiger charge is -2.31. The smallest absolute Gasteiger partial charge is 0.338 e. The minimum atomic E-state index is -0.308. The second-order valence-electron chi connectivity index (χ2n) is 7.42. The van der Waals surface area contributed by atoms with Gasteiger partial charge < -0.3 is 14.4 Å². The Bertz CT molecular complexity index is 1010. The number of benzene rings is 2. The van der Waals surface area contributed by atoms with E-state index in [4.69, 9.17) is 14.5 Å². The monoisotopic (exact) mass is 488 g/mol. The number of thiazole rings is 1. The summed E-state index contributed by atoms with van der Waals surface area (Å²) in [7, 11) is 0. The molecule has 0 amide bonds. The second kappa shape index (κ2) is 9.79. The Morgan fingerprint density at radius 2 is 2.07 bits per heavy atom. The first kappa shape index (κ1) is 21.1. The molecule has 4 rings (SSSR count). The quantitative estimate of drug-likeness (QED) is 0.386. The number of piperidine rings is 1. The summed E-state index contributed by atoms with van der Waals surface area (Å²) >= 11 is 5.30. The van der Waals surface area contributed by atoms with Gasteiger partial charge in [0.25, 0.3) is 0 Å². The van der Waals surface area contributed by atoms with Crippen LogP contribution < -0.4 is 9.64 Å². The van der Waals surface area contributed by atoms with E-state index >= 15 is 0 Å². The Morgan fingerprint density at radius 1 is 1.23 bits per heavy atom. The van der Waals surface area contributed by atoms with Gasteiger partial charge in [-0.2, -0.15) is 0 Å². The van der Waals surface area contributed by atoms with Crippen molar-refractivity contribution < 1.29 is 14.3 Å². The molecule has 2 heterocycles. The summed E-state index contributed by atoms with van der Waals surface area (Å²) in [5, 5.41) is 1.12. The van der Waals surface area contributed by atoms with Crippen LogP contribution >= 0.6 is 27.3 Å². The number of carbonyl (C=O) groups excluding carboxylic acids is 1. The van der Waals surface area contributed by atoms with E-state index in [1.54, 1.807) is 30.4 Å². The number of fused-ring (bicyclic) bond motifs is 1. The predicted octanol–water partition coefficient (Wildman–Crippen LogP) is 5.92. The van der Waals surface area contributed by atoms with Crippen molar-refractivity contribution in [3.63, 3.8) is 0 Å². The van der Waals surface area contributed by atoms with Gasteiger partial charge in [0.15, 0.2) is 5.13 Å². The fourth-order valence-electron chi connectivity index (χ4n) is 3.71. The highest BCUT2D eigenvalue weighted by molar-refractivity contribution is 9.10. The summed E-state index contributed by atoms with van der Waals surface area (Å²) < 4.78 is 13.3. The first-order valence-corrected chi connectivity index (χ1v) is 11.9. The molecule has 0 N–H and O–H groups in total. The summed E-state index contributed by atoms with van der Waals surface area (Å²) in [6.07, 6.45) is 3.31. The average Bonchev–Trinajstić information content (AvgIpc) is 3.18. The van der Waals surface area contributed by atoms with Crippen molar-refractivity contribution in [2.24, 2.45) is 5.92 Å². The molecule has 1 aromatic heterocycles. The third kappa shape index (κ3) is 5.13. The molecular formula is C23H25BrN2O3S. The van der Waals surface area contributed by atoms with Crippen molar-refractivity contribution in [2.45, 2.75) is 26.2 Å². The zero-order chi connectivity index (χ0) is 20.9. The predicted molar refractivity (Wildman–Crippen MR) is 125 cm³/mol. The Labute approximate surface area is 189 Å². The maximum Gasteiger partial charge on any atom is 0.338 e. The molecule has 158 valence electrons. The van der Waals surface area contributed by atoms with Crippen molar-refractivity contribution >= 4 is 48.6 Å². The van der Waals surface area contributed by atoms with Gasteiger partial charge in [0.05, 0.1) is 29.0 Å². The van der Waals surface area contributed by atoms with E-state index in [0.717, 1.165) is 53.2 Å². The SMILES string of the molecule is CCOC(=O)c1cccc(OCCC2CCN(c3nc4ccc(Br)cc4s3)CC2)c1. The first-order chi connectivity index (χ1) is 14.6. The van der Waals surface area contributed by atoms with Crippen LogP contribution in [0.5, 0.6) is 5.75 Å². The zero-order valence-electron chi connectivity index (χ0n) is 17.0. The van der Waals surface area contributed by atoms with Crippen LogP contribution in [0.3, 0.4) is 0 Å². The number of anilines is 1. The van der Waals surface area contributed by atoms with Gasteiger partial charge in [-0.1, -0.05) is 33.3 Å². The molecule has 5 nitrogen and oxygen atoms in total. The molecule has 0 radical (unpaired) electrons. The Morgan fingerprint density at radius 3 is 2.87 bits per heavy atom. The van der Waals surface area contributed by atoms with E-state index in [-0.39, 0.29) is 5.97 Å². The minimum Gasteiger partial charge on any atom is -0.494 e. The molecule has 0 saturated carbocycles. The number of ether oxygens (including phenoxy) is 2. The van der Waals surface area contributed by atoms with Gasteiger partial charge in [-0.25, -0.2) is 9.78 Å². The first-order valence-electron chi connectivity index (χ1n) is 10.3. The molecular weight excluding hydrogens is 464 g/mol. The number of hydrogen-bond donors (Lipinski definition) is 0. The van der Waals surface area contributed by atoms with Crippen LogP contribution in [0.25, 0.3) is 10.2 Å². The van der Waals surface area contributed by atoms with Crippen LogP contribution in [0.4, 0.5) is 5.13 Å². The Hall–Kier alpha value is -2.12. The van der Waals surface area contributed by atoms with E-state index in [2.05, 4.69) is 33.0 Å². The lowest BCUT2D eigenvalue weighted by molar-refractivity contribution is 0.0526. The molecule has 2 aromatic carbocycles. The highest BCUT2D eigenvalue weighted by Crippen LogP contribution is 2.33. The number of aromatic nitrogens is 1. The van der Waals surface area contributed by atoms with Crippen LogP contribution in [0.15, 0.2) is 46.9 Å². The molecule has 1 aliphatic rings. The summed E-state index contributed by atoms with van der Waals surface area (Å²) in [4.78, 5) is 19.1. The van der Waals surface area contributed by atoms with Gasteiger partial charge >= 0.3 is 5.97 Å². The van der Waals surface area contributed by atoms with Crippen LogP contribution in [-0.4, -0.2) is 37.3 Å².